The first-order valence-corrected chi connectivity index (χ1v) is 10.5. The summed E-state index contributed by atoms with van der Waals surface area (Å²) in [6.07, 6.45) is 12.6. The second kappa shape index (κ2) is 10.5. The Morgan fingerprint density at radius 3 is 2.12 bits per heavy atom. The molecule has 26 heavy (non-hydrogen) atoms. The second-order valence-corrected chi connectivity index (χ2v) is 8.49. The highest BCUT2D eigenvalue weighted by molar-refractivity contribution is 5.85. The highest BCUT2D eigenvalue weighted by Gasteiger charge is 2.31. The van der Waals surface area contributed by atoms with E-state index in [0.29, 0.717) is 18.2 Å². The van der Waals surface area contributed by atoms with E-state index in [-0.39, 0.29) is 36.3 Å². The second-order valence-electron chi connectivity index (χ2n) is 8.49. The molecule has 1 saturated heterocycles. The largest absolute Gasteiger partial charge is 0.353 e. The van der Waals surface area contributed by atoms with Gasteiger partial charge in [-0.05, 0) is 57.3 Å². The normalized spacial score (nSPS) is 28.3. The molecule has 2 aliphatic carbocycles. The molecule has 0 aromatic carbocycles. The van der Waals surface area contributed by atoms with Crippen molar-refractivity contribution in [2.75, 3.05) is 13.1 Å². The van der Waals surface area contributed by atoms with Crippen molar-refractivity contribution in [1.82, 2.24) is 10.2 Å². The molecule has 3 fully saturated rings. The van der Waals surface area contributed by atoms with E-state index in [1.54, 1.807) is 0 Å². The molecular formula is C20H36ClN3O2. The first-order chi connectivity index (χ1) is 12.1. The third-order valence-corrected chi connectivity index (χ3v) is 6.49. The van der Waals surface area contributed by atoms with E-state index in [1.807, 2.05) is 4.90 Å². The lowest BCUT2D eigenvalue weighted by Crippen LogP contribution is -2.47. The minimum absolute atomic E-state index is 0. The molecule has 1 heterocycles. The maximum atomic E-state index is 12.6. The summed E-state index contributed by atoms with van der Waals surface area (Å²) in [4.78, 5) is 26.9. The Kier molecular flexibility index (Phi) is 8.68. The lowest BCUT2D eigenvalue weighted by molar-refractivity contribution is -0.137. The number of carbonyl (C=O) groups excluding carboxylic acids is 2. The number of rotatable bonds is 4. The standard InChI is InChI=1S/C20H35N3O2.ClH/c21-17-10-12-23(13-11-17)20(25)16-6-8-18(9-7-16)22-19(24)14-15-4-2-1-3-5-15;/h15-18H,1-14,21H2,(H,22,24);1H. The van der Waals surface area contributed by atoms with Crippen molar-refractivity contribution in [3.05, 3.63) is 0 Å². The Balaban J connectivity index is 0.00000243. The van der Waals surface area contributed by atoms with Crippen molar-refractivity contribution in [1.29, 1.82) is 0 Å². The number of carbonyl (C=O) groups is 2. The first-order valence-electron chi connectivity index (χ1n) is 10.5. The maximum Gasteiger partial charge on any atom is 0.225 e. The van der Waals surface area contributed by atoms with Gasteiger partial charge in [0.2, 0.25) is 11.8 Å². The quantitative estimate of drug-likeness (QED) is 0.781. The molecule has 5 nitrogen and oxygen atoms in total. The molecule has 2 amide bonds. The van der Waals surface area contributed by atoms with Crippen LogP contribution in [-0.4, -0.2) is 41.9 Å². The van der Waals surface area contributed by atoms with Crippen LogP contribution in [0.1, 0.15) is 77.0 Å². The molecule has 0 aromatic heterocycles. The Morgan fingerprint density at radius 1 is 0.885 bits per heavy atom. The Labute approximate surface area is 164 Å². The van der Waals surface area contributed by atoms with Crippen LogP contribution in [0.4, 0.5) is 0 Å². The molecular weight excluding hydrogens is 350 g/mol. The van der Waals surface area contributed by atoms with Gasteiger partial charge in [-0.2, -0.15) is 0 Å². The Bertz CT molecular complexity index is 452. The van der Waals surface area contributed by atoms with Gasteiger partial charge in [0.05, 0.1) is 0 Å². The van der Waals surface area contributed by atoms with Gasteiger partial charge in [-0.1, -0.05) is 19.3 Å². The highest BCUT2D eigenvalue weighted by Crippen LogP contribution is 2.29. The van der Waals surface area contributed by atoms with Crippen molar-refractivity contribution < 1.29 is 9.59 Å². The van der Waals surface area contributed by atoms with Crippen LogP contribution in [0.3, 0.4) is 0 Å². The number of amides is 2. The predicted molar refractivity (Wildman–Crippen MR) is 106 cm³/mol. The number of likely N-dealkylation sites (tertiary alicyclic amines) is 1. The molecule has 3 aliphatic rings. The van der Waals surface area contributed by atoms with Gasteiger partial charge < -0.3 is 16.0 Å². The fourth-order valence-corrected chi connectivity index (χ4v) is 4.80. The van der Waals surface area contributed by atoms with Crippen LogP contribution >= 0.6 is 12.4 Å². The van der Waals surface area contributed by atoms with Crippen LogP contribution in [0.25, 0.3) is 0 Å². The van der Waals surface area contributed by atoms with Crippen LogP contribution in [0.2, 0.25) is 0 Å². The molecule has 3 rings (SSSR count). The average molecular weight is 386 g/mol. The van der Waals surface area contributed by atoms with Gasteiger partial charge in [0, 0.05) is 37.5 Å². The third-order valence-electron chi connectivity index (χ3n) is 6.49. The van der Waals surface area contributed by atoms with Gasteiger partial charge in [0.25, 0.3) is 0 Å². The molecule has 3 N–H and O–H groups in total. The number of nitrogens with two attached hydrogens (primary N) is 1. The number of hydrogen-bond donors (Lipinski definition) is 2. The first kappa shape index (κ1) is 21.5. The Hall–Kier alpha value is -0.810. The molecule has 0 spiro atoms. The van der Waals surface area contributed by atoms with Crippen molar-refractivity contribution in [3.8, 4) is 0 Å². The van der Waals surface area contributed by atoms with Crippen molar-refractivity contribution in [2.24, 2.45) is 17.6 Å². The zero-order valence-corrected chi connectivity index (χ0v) is 16.8. The van der Waals surface area contributed by atoms with Gasteiger partial charge in [0.1, 0.15) is 0 Å². The molecule has 0 bridgehead atoms. The van der Waals surface area contributed by atoms with Crippen LogP contribution in [0.5, 0.6) is 0 Å². The summed E-state index contributed by atoms with van der Waals surface area (Å²) in [6.45, 7) is 1.64. The topological polar surface area (TPSA) is 75.4 Å². The number of halogens is 1. The van der Waals surface area contributed by atoms with Crippen LogP contribution in [0, 0.1) is 11.8 Å². The van der Waals surface area contributed by atoms with Crippen LogP contribution < -0.4 is 11.1 Å². The summed E-state index contributed by atoms with van der Waals surface area (Å²) >= 11 is 0. The fourth-order valence-electron chi connectivity index (χ4n) is 4.80. The van der Waals surface area contributed by atoms with E-state index >= 15 is 0 Å². The number of piperidine rings is 1. The summed E-state index contributed by atoms with van der Waals surface area (Å²) in [5, 5.41) is 3.23. The smallest absolute Gasteiger partial charge is 0.225 e. The summed E-state index contributed by atoms with van der Waals surface area (Å²) in [6, 6.07) is 0.536. The number of nitrogens with zero attached hydrogens (tertiary/aromatic N) is 1. The van der Waals surface area contributed by atoms with Gasteiger partial charge in [-0.15, -0.1) is 12.4 Å². The van der Waals surface area contributed by atoms with E-state index in [1.165, 1.54) is 32.1 Å². The minimum Gasteiger partial charge on any atom is -0.353 e. The monoisotopic (exact) mass is 385 g/mol. The lowest BCUT2D eigenvalue weighted by Gasteiger charge is -2.35. The molecule has 1 aliphatic heterocycles. The zero-order chi connectivity index (χ0) is 17.6. The molecule has 0 aromatic rings. The third kappa shape index (κ3) is 6.12. The molecule has 0 unspecified atom stereocenters. The number of nitrogens with one attached hydrogen (secondary N) is 1. The fraction of sp³-hybridized carbons (Fsp3) is 0.900. The summed E-state index contributed by atoms with van der Waals surface area (Å²) in [7, 11) is 0. The molecule has 150 valence electrons. The SMILES string of the molecule is Cl.NC1CCN(C(=O)C2CCC(NC(=O)CC3CCCCC3)CC2)CC1. The van der Waals surface area contributed by atoms with E-state index in [4.69, 9.17) is 5.73 Å². The van der Waals surface area contributed by atoms with E-state index < -0.39 is 0 Å². The van der Waals surface area contributed by atoms with Gasteiger partial charge >= 0.3 is 0 Å². The van der Waals surface area contributed by atoms with E-state index in [2.05, 4.69) is 5.32 Å². The van der Waals surface area contributed by atoms with Crippen molar-refractivity contribution in [3.63, 3.8) is 0 Å². The van der Waals surface area contributed by atoms with Gasteiger partial charge in [-0.3, -0.25) is 9.59 Å². The minimum atomic E-state index is 0. The predicted octanol–water partition coefficient (Wildman–Crippen LogP) is 3.00. The van der Waals surface area contributed by atoms with Gasteiger partial charge in [-0.25, -0.2) is 0 Å². The van der Waals surface area contributed by atoms with E-state index in [9.17, 15) is 9.59 Å². The molecule has 0 atom stereocenters. The van der Waals surface area contributed by atoms with Crippen molar-refractivity contribution >= 4 is 24.2 Å². The van der Waals surface area contributed by atoms with Crippen LogP contribution in [-0.2, 0) is 9.59 Å². The lowest BCUT2D eigenvalue weighted by atomic mass is 9.84. The van der Waals surface area contributed by atoms with Crippen LogP contribution in [0.15, 0.2) is 0 Å². The summed E-state index contributed by atoms with van der Waals surface area (Å²) < 4.78 is 0. The summed E-state index contributed by atoms with van der Waals surface area (Å²) in [5.74, 6) is 1.29. The molecule has 0 radical (unpaired) electrons. The average Bonchev–Trinajstić information content (AvgIpc) is 2.63. The van der Waals surface area contributed by atoms with E-state index in [0.717, 1.165) is 51.6 Å². The zero-order valence-electron chi connectivity index (χ0n) is 16.0. The van der Waals surface area contributed by atoms with Crippen molar-refractivity contribution in [2.45, 2.75) is 89.1 Å². The Morgan fingerprint density at radius 2 is 1.50 bits per heavy atom. The summed E-state index contributed by atoms with van der Waals surface area (Å²) in [5.41, 5.74) is 5.93. The number of hydrogen-bond acceptors (Lipinski definition) is 3. The molecule has 2 saturated carbocycles. The van der Waals surface area contributed by atoms with Gasteiger partial charge in [0.15, 0.2) is 0 Å². The molecule has 6 heteroatoms. The highest BCUT2D eigenvalue weighted by atomic mass is 35.5. The maximum absolute atomic E-state index is 12.6.